The van der Waals surface area contributed by atoms with Crippen molar-refractivity contribution in [3.63, 3.8) is 0 Å². The summed E-state index contributed by atoms with van der Waals surface area (Å²) in [6, 6.07) is 19.4. The van der Waals surface area contributed by atoms with E-state index in [-0.39, 0.29) is 17.7 Å². The van der Waals surface area contributed by atoms with Crippen LogP contribution in [0, 0.1) is 6.92 Å². The standard InChI is InChI=1S/C8H9NO.C7H8.C4H9NO.C3H7NO/c1-9-8(10)7-5-3-2-4-6-7;1-7-5-3-2-4-6-7;1-3-4(6)5-2;1-3(5)4-2/h2-6H,1H3,(H,9,10);2-6H,1H3;3H2,1-2H3,(H,5,6);1-2H3,(H,4,5). The molecule has 3 N–H and O–H groups in total. The lowest BCUT2D eigenvalue weighted by atomic mass is 10.2. The second kappa shape index (κ2) is 18.6. The third kappa shape index (κ3) is 17.7. The molecule has 0 aromatic heterocycles. The molecule has 0 aliphatic heterocycles. The van der Waals surface area contributed by atoms with Crippen LogP contribution < -0.4 is 16.0 Å². The maximum absolute atomic E-state index is 10.9. The summed E-state index contributed by atoms with van der Waals surface area (Å²) in [5.74, 6) is 0.0561. The molecule has 6 nitrogen and oxygen atoms in total. The van der Waals surface area contributed by atoms with Gasteiger partial charge in [-0.25, -0.2) is 0 Å². The zero-order valence-electron chi connectivity index (χ0n) is 17.7. The minimum atomic E-state index is -0.0411. The highest BCUT2D eigenvalue weighted by Crippen LogP contribution is 1.96. The molecule has 0 aliphatic carbocycles. The molecule has 3 amide bonds. The van der Waals surface area contributed by atoms with Gasteiger partial charge in [-0.15, -0.1) is 0 Å². The first-order valence-electron chi connectivity index (χ1n) is 8.99. The normalized spacial score (nSPS) is 8.21. The minimum Gasteiger partial charge on any atom is -0.359 e. The van der Waals surface area contributed by atoms with Gasteiger partial charge in [0.05, 0.1) is 0 Å². The largest absolute Gasteiger partial charge is 0.359 e. The Balaban J connectivity index is 0. The van der Waals surface area contributed by atoms with E-state index in [1.165, 1.54) is 12.5 Å². The van der Waals surface area contributed by atoms with E-state index in [4.69, 9.17) is 0 Å². The summed E-state index contributed by atoms with van der Waals surface area (Å²) in [6.45, 7) is 5.37. The molecule has 2 aromatic carbocycles. The molecule has 6 heteroatoms. The average Bonchev–Trinajstić information content (AvgIpc) is 2.75. The van der Waals surface area contributed by atoms with Crippen molar-refractivity contribution >= 4 is 17.7 Å². The Kier molecular flexibility index (Phi) is 18.0. The predicted octanol–water partition coefficient (Wildman–Crippen LogP) is 2.94. The van der Waals surface area contributed by atoms with E-state index in [9.17, 15) is 14.4 Å². The molecule has 28 heavy (non-hydrogen) atoms. The Bertz CT molecular complexity index is 653. The van der Waals surface area contributed by atoms with Crippen molar-refractivity contribution in [3.05, 3.63) is 71.8 Å². The predicted molar refractivity (Wildman–Crippen MR) is 115 cm³/mol. The van der Waals surface area contributed by atoms with E-state index in [1.54, 1.807) is 33.3 Å². The van der Waals surface area contributed by atoms with Gasteiger partial charge >= 0.3 is 0 Å². The van der Waals surface area contributed by atoms with Crippen LogP contribution in [-0.4, -0.2) is 38.9 Å². The van der Waals surface area contributed by atoms with Crippen molar-refractivity contribution in [1.29, 1.82) is 0 Å². The van der Waals surface area contributed by atoms with Crippen molar-refractivity contribution in [3.8, 4) is 0 Å². The lowest BCUT2D eigenvalue weighted by molar-refractivity contribution is -0.120. The molecule has 2 rings (SSSR count). The van der Waals surface area contributed by atoms with Crippen molar-refractivity contribution in [2.24, 2.45) is 0 Å². The fourth-order valence-corrected chi connectivity index (χ4v) is 1.45. The second-order valence-corrected chi connectivity index (χ2v) is 5.43. The van der Waals surface area contributed by atoms with Crippen LogP contribution in [0.15, 0.2) is 60.7 Å². The average molecular weight is 388 g/mol. The summed E-state index contributed by atoms with van der Waals surface area (Å²) in [6.07, 6.45) is 0.580. The number of aryl methyl sites for hydroxylation is 1. The van der Waals surface area contributed by atoms with Gasteiger partial charge in [-0.05, 0) is 19.1 Å². The number of hydrogen-bond donors (Lipinski definition) is 3. The van der Waals surface area contributed by atoms with Crippen LogP contribution in [0.25, 0.3) is 0 Å². The summed E-state index contributed by atoms with van der Waals surface area (Å²) in [5.41, 5.74) is 2.02. The monoisotopic (exact) mass is 387 g/mol. The number of carbonyl (C=O) groups is 3. The van der Waals surface area contributed by atoms with Gasteiger partial charge in [-0.1, -0.05) is 61.0 Å². The quantitative estimate of drug-likeness (QED) is 0.740. The van der Waals surface area contributed by atoms with E-state index in [2.05, 4.69) is 35.0 Å². The first-order valence-corrected chi connectivity index (χ1v) is 8.99. The van der Waals surface area contributed by atoms with Crippen LogP contribution in [-0.2, 0) is 9.59 Å². The summed E-state index contributed by atoms with van der Waals surface area (Å²) in [4.78, 5) is 30.7. The van der Waals surface area contributed by atoms with E-state index in [0.717, 1.165) is 0 Å². The molecule has 0 unspecified atom stereocenters. The van der Waals surface area contributed by atoms with Crippen LogP contribution in [0.2, 0.25) is 0 Å². The van der Waals surface area contributed by atoms with E-state index >= 15 is 0 Å². The fraction of sp³-hybridized carbons (Fsp3) is 0.318. The third-order valence-corrected chi connectivity index (χ3v) is 3.16. The summed E-state index contributed by atoms with van der Waals surface area (Å²) in [7, 11) is 4.85. The highest BCUT2D eigenvalue weighted by Gasteiger charge is 1.97. The molecule has 0 aliphatic rings. The van der Waals surface area contributed by atoms with Crippen molar-refractivity contribution < 1.29 is 14.4 Å². The molecular formula is C22H33N3O3. The molecule has 0 radical (unpaired) electrons. The van der Waals surface area contributed by atoms with Crippen LogP contribution in [0.5, 0.6) is 0 Å². The number of nitrogens with one attached hydrogen (secondary N) is 3. The van der Waals surface area contributed by atoms with Gasteiger partial charge < -0.3 is 16.0 Å². The Morgan fingerprint density at radius 3 is 1.39 bits per heavy atom. The van der Waals surface area contributed by atoms with Crippen molar-refractivity contribution in [1.82, 2.24) is 16.0 Å². The molecule has 0 saturated heterocycles. The lowest BCUT2D eigenvalue weighted by Gasteiger charge is -1.96. The Labute approximate surface area is 168 Å². The molecule has 0 fully saturated rings. The van der Waals surface area contributed by atoms with Crippen molar-refractivity contribution in [2.45, 2.75) is 27.2 Å². The number of amides is 3. The Morgan fingerprint density at radius 1 is 0.750 bits per heavy atom. The second-order valence-electron chi connectivity index (χ2n) is 5.43. The van der Waals surface area contributed by atoms with Gasteiger partial charge in [0.1, 0.15) is 0 Å². The van der Waals surface area contributed by atoms with Gasteiger partial charge in [-0.3, -0.25) is 14.4 Å². The van der Waals surface area contributed by atoms with Gasteiger partial charge in [0.25, 0.3) is 5.91 Å². The molecule has 0 bridgehead atoms. The van der Waals surface area contributed by atoms with E-state index in [1.807, 2.05) is 43.3 Å². The molecule has 0 spiro atoms. The number of carbonyl (C=O) groups excluding carboxylic acids is 3. The zero-order valence-corrected chi connectivity index (χ0v) is 17.7. The number of rotatable bonds is 2. The Hall–Kier alpha value is -3.15. The number of hydrogen-bond acceptors (Lipinski definition) is 3. The highest BCUT2D eigenvalue weighted by atomic mass is 16.2. The molecule has 0 saturated carbocycles. The Morgan fingerprint density at radius 2 is 1.18 bits per heavy atom. The summed E-state index contributed by atoms with van der Waals surface area (Å²) in [5, 5.41) is 7.41. The SMILES string of the molecule is CCC(=O)NC.CNC(=O)c1ccccc1.CNC(C)=O.Cc1ccccc1. The topological polar surface area (TPSA) is 87.3 Å². The summed E-state index contributed by atoms with van der Waals surface area (Å²) < 4.78 is 0. The molecule has 2 aromatic rings. The molecule has 0 atom stereocenters. The van der Waals surface area contributed by atoms with Gasteiger partial charge in [0.2, 0.25) is 11.8 Å². The third-order valence-electron chi connectivity index (χ3n) is 3.16. The minimum absolute atomic E-state index is 0.00463. The molecular weight excluding hydrogens is 354 g/mol. The molecule has 154 valence electrons. The van der Waals surface area contributed by atoms with Crippen LogP contribution in [0.3, 0.4) is 0 Å². The maximum Gasteiger partial charge on any atom is 0.251 e. The smallest absolute Gasteiger partial charge is 0.251 e. The number of benzene rings is 2. The van der Waals surface area contributed by atoms with E-state index < -0.39 is 0 Å². The van der Waals surface area contributed by atoms with Gasteiger partial charge in [0.15, 0.2) is 0 Å². The van der Waals surface area contributed by atoms with Crippen LogP contribution in [0.1, 0.15) is 36.2 Å². The van der Waals surface area contributed by atoms with Crippen LogP contribution in [0.4, 0.5) is 0 Å². The fourth-order valence-electron chi connectivity index (χ4n) is 1.45. The van der Waals surface area contributed by atoms with Crippen LogP contribution >= 0.6 is 0 Å². The first kappa shape index (κ1) is 27.1. The van der Waals surface area contributed by atoms with Gasteiger partial charge in [-0.2, -0.15) is 0 Å². The maximum atomic E-state index is 10.9. The zero-order chi connectivity index (χ0) is 21.8. The van der Waals surface area contributed by atoms with E-state index in [0.29, 0.717) is 12.0 Å². The van der Waals surface area contributed by atoms with Gasteiger partial charge in [0, 0.05) is 40.1 Å². The first-order chi connectivity index (χ1) is 13.3. The van der Waals surface area contributed by atoms with Crippen molar-refractivity contribution in [2.75, 3.05) is 21.1 Å². The lowest BCUT2D eigenvalue weighted by Crippen LogP contribution is -2.17. The molecule has 0 heterocycles. The summed E-state index contributed by atoms with van der Waals surface area (Å²) >= 11 is 0. The highest BCUT2D eigenvalue weighted by molar-refractivity contribution is 5.93.